The molecule has 2 aromatic carbocycles. The number of benzene rings is 2. The van der Waals surface area contributed by atoms with E-state index in [9.17, 15) is 0 Å². The van der Waals surface area contributed by atoms with Gasteiger partial charge in [-0.3, -0.25) is 0 Å². The van der Waals surface area contributed by atoms with Gasteiger partial charge in [-0.25, -0.2) is 4.98 Å². The van der Waals surface area contributed by atoms with Gasteiger partial charge in [-0.15, -0.1) is 12.4 Å². The average Bonchev–Trinajstić information content (AvgIpc) is 2.79. The van der Waals surface area contributed by atoms with E-state index in [1.54, 1.807) is 0 Å². The fourth-order valence-electron chi connectivity index (χ4n) is 4.24. The Bertz CT molecular complexity index is 1180. The molecule has 0 fully saturated rings. The molecule has 2 heterocycles. The van der Waals surface area contributed by atoms with Gasteiger partial charge in [0.15, 0.2) is 0 Å². The summed E-state index contributed by atoms with van der Waals surface area (Å²) in [7, 11) is 0. The number of aryl methyl sites for hydroxylation is 1. The molecular weight excluding hydrogens is 531 g/mol. The van der Waals surface area contributed by atoms with Crippen molar-refractivity contribution in [2.24, 2.45) is 0 Å². The van der Waals surface area contributed by atoms with Gasteiger partial charge in [0.1, 0.15) is 5.82 Å². The monoisotopic (exact) mass is 560 g/mol. The second-order valence-electron chi connectivity index (χ2n) is 8.71. The number of aromatic nitrogens is 2. The van der Waals surface area contributed by atoms with Crippen LogP contribution >= 0.6 is 39.9 Å². The molecule has 0 saturated heterocycles. The van der Waals surface area contributed by atoms with Crippen LogP contribution in [0.3, 0.4) is 0 Å². The third-order valence-electron chi connectivity index (χ3n) is 6.03. The zero-order chi connectivity index (χ0) is 23.5. The van der Waals surface area contributed by atoms with Gasteiger partial charge in [-0.2, -0.15) is 4.98 Å². The first kappa shape index (κ1) is 26.5. The molecule has 0 unspecified atom stereocenters. The van der Waals surface area contributed by atoms with Crippen molar-refractivity contribution in [3.63, 3.8) is 0 Å². The highest BCUT2D eigenvalue weighted by atomic mass is 79.9. The summed E-state index contributed by atoms with van der Waals surface area (Å²) in [6, 6.07) is 16.7. The van der Waals surface area contributed by atoms with Gasteiger partial charge < -0.3 is 9.80 Å². The van der Waals surface area contributed by atoms with Crippen molar-refractivity contribution in [2.45, 2.75) is 40.0 Å². The Balaban J connectivity index is 0.00000324. The Morgan fingerprint density at radius 3 is 2.53 bits per heavy atom. The SMILES string of the molecule is CCN(c1ccc(C(C)C)c(Br)c1)c1nc(C)cc(N2CC=C(c3cccc(Cl)c3)CC2)n1.Cl. The Morgan fingerprint density at radius 2 is 1.91 bits per heavy atom. The first-order chi connectivity index (χ1) is 15.9. The molecule has 4 nitrogen and oxygen atoms in total. The zero-order valence-electron chi connectivity index (χ0n) is 20.1. The summed E-state index contributed by atoms with van der Waals surface area (Å²) in [6.45, 7) is 11.1. The van der Waals surface area contributed by atoms with Gasteiger partial charge in [0.2, 0.25) is 5.95 Å². The van der Waals surface area contributed by atoms with Crippen LogP contribution in [-0.2, 0) is 0 Å². The van der Waals surface area contributed by atoms with Crippen LogP contribution in [0.1, 0.15) is 49.9 Å². The number of hydrogen-bond acceptors (Lipinski definition) is 4. The molecule has 7 heteroatoms. The van der Waals surface area contributed by atoms with Crippen LogP contribution in [0.4, 0.5) is 17.5 Å². The van der Waals surface area contributed by atoms with Crippen LogP contribution in [0.15, 0.2) is 59.1 Å². The van der Waals surface area contributed by atoms with Crippen molar-refractivity contribution in [1.29, 1.82) is 0 Å². The first-order valence-corrected chi connectivity index (χ1v) is 12.7. The second-order valence-corrected chi connectivity index (χ2v) is 10.00. The van der Waals surface area contributed by atoms with Crippen LogP contribution in [0.2, 0.25) is 5.02 Å². The minimum Gasteiger partial charge on any atom is -0.352 e. The van der Waals surface area contributed by atoms with E-state index in [2.05, 4.69) is 82.9 Å². The summed E-state index contributed by atoms with van der Waals surface area (Å²) in [5, 5.41) is 0.777. The first-order valence-electron chi connectivity index (χ1n) is 11.5. The number of anilines is 3. The molecule has 0 spiro atoms. The molecule has 1 aliphatic heterocycles. The van der Waals surface area contributed by atoms with E-state index in [0.717, 1.165) is 58.7 Å². The quantitative estimate of drug-likeness (QED) is 0.303. The molecular formula is C27H31BrCl2N4. The summed E-state index contributed by atoms with van der Waals surface area (Å²) in [5.41, 5.74) is 5.90. The van der Waals surface area contributed by atoms with Crippen LogP contribution in [0.25, 0.3) is 5.57 Å². The van der Waals surface area contributed by atoms with Gasteiger partial charge >= 0.3 is 0 Å². The molecule has 180 valence electrons. The largest absolute Gasteiger partial charge is 0.352 e. The zero-order valence-corrected chi connectivity index (χ0v) is 23.2. The minimum absolute atomic E-state index is 0. The van der Waals surface area contributed by atoms with E-state index in [0.29, 0.717) is 5.92 Å². The molecule has 0 atom stereocenters. The average molecular weight is 562 g/mol. The molecule has 1 aromatic heterocycles. The lowest BCUT2D eigenvalue weighted by Crippen LogP contribution is -2.30. The molecule has 0 aliphatic carbocycles. The van der Waals surface area contributed by atoms with Crippen molar-refractivity contribution >= 4 is 63.0 Å². The molecule has 0 bridgehead atoms. The highest BCUT2D eigenvalue weighted by molar-refractivity contribution is 9.10. The van der Waals surface area contributed by atoms with E-state index < -0.39 is 0 Å². The van der Waals surface area contributed by atoms with Crippen molar-refractivity contribution in [1.82, 2.24) is 9.97 Å². The molecule has 3 aromatic rings. The maximum Gasteiger partial charge on any atom is 0.232 e. The second kappa shape index (κ2) is 11.6. The fraction of sp³-hybridized carbons (Fsp3) is 0.333. The summed E-state index contributed by atoms with van der Waals surface area (Å²) >= 11 is 9.94. The summed E-state index contributed by atoms with van der Waals surface area (Å²) in [5.74, 6) is 2.17. The standard InChI is InChI=1S/C27H30BrClN4.ClH/c1-5-33(23-9-10-24(18(2)3)25(28)17-23)27-30-19(4)15-26(31-27)32-13-11-20(12-14-32)21-7-6-8-22(29)16-21;/h6-11,15-18H,5,12-14H2,1-4H3;1H. The van der Waals surface area contributed by atoms with Gasteiger partial charge in [0.25, 0.3) is 0 Å². The summed E-state index contributed by atoms with van der Waals surface area (Å²) < 4.78 is 1.12. The van der Waals surface area contributed by atoms with Crippen molar-refractivity contribution in [3.05, 3.63) is 80.9 Å². The van der Waals surface area contributed by atoms with Gasteiger partial charge in [0, 0.05) is 46.6 Å². The van der Waals surface area contributed by atoms with E-state index >= 15 is 0 Å². The van der Waals surface area contributed by atoms with E-state index in [1.165, 1.54) is 16.7 Å². The van der Waals surface area contributed by atoms with Gasteiger partial charge in [-0.1, -0.05) is 65.7 Å². The Labute approximate surface area is 222 Å². The van der Waals surface area contributed by atoms with Crippen molar-refractivity contribution in [3.8, 4) is 0 Å². The van der Waals surface area contributed by atoms with Crippen LogP contribution < -0.4 is 9.80 Å². The third-order valence-corrected chi connectivity index (χ3v) is 6.95. The predicted molar refractivity (Wildman–Crippen MR) is 151 cm³/mol. The summed E-state index contributed by atoms with van der Waals surface area (Å²) in [6.07, 6.45) is 3.24. The molecule has 0 saturated carbocycles. The number of hydrogen-bond donors (Lipinski definition) is 0. The minimum atomic E-state index is 0. The number of rotatable bonds is 6. The topological polar surface area (TPSA) is 32.3 Å². The molecule has 34 heavy (non-hydrogen) atoms. The molecule has 1 aliphatic rings. The molecule has 4 rings (SSSR count). The molecule has 0 N–H and O–H groups in total. The highest BCUT2D eigenvalue weighted by Gasteiger charge is 2.19. The van der Waals surface area contributed by atoms with Crippen LogP contribution in [0.5, 0.6) is 0 Å². The van der Waals surface area contributed by atoms with E-state index in [4.69, 9.17) is 21.6 Å². The number of nitrogens with zero attached hydrogens (tertiary/aromatic N) is 4. The fourth-order valence-corrected chi connectivity index (χ4v) is 5.25. The lowest BCUT2D eigenvalue weighted by Gasteiger charge is -2.29. The third kappa shape index (κ3) is 5.94. The molecule has 0 amide bonds. The maximum absolute atomic E-state index is 6.19. The number of halogens is 3. The Kier molecular flexibility index (Phi) is 9.02. The predicted octanol–water partition coefficient (Wildman–Crippen LogP) is 8.20. The molecule has 0 radical (unpaired) electrons. The van der Waals surface area contributed by atoms with Crippen LogP contribution in [0, 0.1) is 6.92 Å². The van der Waals surface area contributed by atoms with E-state index in [1.807, 2.05) is 25.1 Å². The maximum atomic E-state index is 6.19. The van der Waals surface area contributed by atoms with Crippen molar-refractivity contribution < 1.29 is 0 Å². The summed E-state index contributed by atoms with van der Waals surface area (Å²) in [4.78, 5) is 14.2. The highest BCUT2D eigenvalue weighted by Crippen LogP contribution is 2.33. The lowest BCUT2D eigenvalue weighted by molar-refractivity contribution is 0.805. The Hall–Kier alpha value is -2.08. The van der Waals surface area contributed by atoms with E-state index in [-0.39, 0.29) is 12.4 Å². The smallest absolute Gasteiger partial charge is 0.232 e. The lowest BCUT2D eigenvalue weighted by atomic mass is 9.99. The van der Waals surface area contributed by atoms with Gasteiger partial charge in [-0.05, 0) is 67.2 Å². The van der Waals surface area contributed by atoms with Crippen molar-refractivity contribution in [2.75, 3.05) is 29.4 Å². The van der Waals surface area contributed by atoms with Gasteiger partial charge in [0.05, 0.1) is 0 Å². The normalized spacial score (nSPS) is 13.5. The van der Waals surface area contributed by atoms with Crippen LogP contribution in [-0.4, -0.2) is 29.6 Å². The Morgan fingerprint density at radius 1 is 1.12 bits per heavy atom.